The molecule has 0 unspecified atom stereocenters. The first kappa shape index (κ1) is 1.55. The molecule has 0 N–H and O–H groups in total. The van der Waals surface area contributed by atoms with Crippen LogP contribution in [0.25, 0.3) is 0 Å². The minimum atomic E-state index is -3.35. The van der Waals surface area contributed by atoms with Crippen LogP contribution in [0.1, 0.15) is 37.3 Å². The van der Waals surface area contributed by atoms with Crippen LogP contribution in [0, 0.1) is 0 Å². The first-order valence-corrected chi connectivity index (χ1v) is 2.45. The van der Waals surface area contributed by atoms with Gasteiger partial charge in [0.15, 0.2) is 5.78 Å². The number of benzene rings is 1. The highest BCUT2D eigenvalue weighted by molar-refractivity contribution is 5.95. The average Bonchev–Trinajstić information content (AvgIpc) is 2.32. The average molecular weight is 144 g/mol. The summed E-state index contributed by atoms with van der Waals surface area (Å²) in [6.07, 6.45) is -3.35. The lowest BCUT2D eigenvalue weighted by atomic mass is 10.1. The van der Waals surface area contributed by atoms with Crippen LogP contribution in [0.2, 0.25) is 0 Å². The molecule has 0 fully saturated rings. The largest absolute Gasteiger partial charge is 0.294 e. The highest BCUT2D eigenvalue weighted by Crippen LogP contribution is 2.01. The highest BCUT2D eigenvalue weighted by atomic mass is 16.1. The normalized spacial score (nSPS) is 26.4. The molecule has 0 atom stereocenters. The van der Waals surface area contributed by atoms with E-state index in [9.17, 15) is 4.79 Å². The van der Waals surface area contributed by atoms with Crippen LogP contribution in [0.15, 0.2) is 30.2 Å². The lowest BCUT2D eigenvalue weighted by Gasteiger charge is -1.93. The zero-order chi connectivity index (χ0) is 16.0. The SMILES string of the molecule is [2H]c1c([2H])c([2H])c(C(=O)C([2H])([2H])C([2H])([2H])[2H])c([2H])c1[2H]. The van der Waals surface area contributed by atoms with Gasteiger partial charge in [0.2, 0.25) is 0 Å². The minimum absolute atomic E-state index is 0.744. The Morgan fingerprint density at radius 3 is 3.00 bits per heavy atom. The van der Waals surface area contributed by atoms with E-state index in [4.69, 9.17) is 13.7 Å². The molecule has 1 rings (SSSR count). The second kappa shape index (κ2) is 3.16. The van der Waals surface area contributed by atoms with Gasteiger partial charge >= 0.3 is 0 Å². The summed E-state index contributed by atoms with van der Waals surface area (Å²) in [4.78, 5) is 12.0. The van der Waals surface area contributed by atoms with E-state index in [0.29, 0.717) is 0 Å². The van der Waals surface area contributed by atoms with Crippen molar-refractivity contribution in [3.8, 4) is 0 Å². The maximum Gasteiger partial charge on any atom is 0.162 e. The maximum atomic E-state index is 12.0. The molecule has 0 amide bonds. The Balaban J connectivity index is 3.62. The van der Waals surface area contributed by atoms with E-state index >= 15 is 0 Å². The fourth-order valence-corrected chi connectivity index (χ4v) is 0.426. The van der Waals surface area contributed by atoms with Crippen LogP contribution in [-0.2, 0) is 0 Å². The Labute approximate surface area is 74.7 Å². The van der Waals surface area contributed by atoms with Gasteiger partial charge in [-0.1, -0.05) is 37.1 Å². The molecule has 1 aromatic carbocycles. The second-order valence-corrected chi connectivity index (χ2v) is 1.45. The minimum Gasteiger partial charge on any atom is -0.294 e. The molecule has 0 aliphatic heterocycles. The summed E-state index contributed by atoms with van der Waals surface area (Å²) >= 11 is 0. The van der Waals surface area contributed by atoms with Crippen molar-refractivity contribution in [1.29, 1.82) is 0 Å². The van der Waals surface area contributed by atoms with Crippen LogP contribution in [0.5, 0.6) is 0 Å². The molecule has 0 aliphatic rings. The summed E-state index contributed by atoms with van der Waals surface area (Å²) in [5.41, 5.74) is -0.961. The molecule has 0 bridgehead atoms. The van der Waals surface area contributed by atoms with Gasteiger partial charge in [0.25, 0.3) is 0 Å². The van der Waals surface area contributed by atoms with E-state index in [1.165, 1.54) is 0 Å². The predicted octanol–water partition coefficient (Wildman–Crippen LogP) is 2.28. The van der Waals surface area contributed by atoms with Crippen molar-refractivity contribution >= 4 is 5.78 Å². The topological polar surface area (TPSA) is 17.1 Å². The third kappa shape index (κ3) is 1.44. The lowest BCUT2D eigenvalue weighted by molar-refractivity contribution is 0.0988. The van der Waals surface area contributed by atoms with Crippen molar-refractivity contribution in [2.24, 2.45) is 0 Å². The summed E-state index contributed by atoms with van der Waals surface area (Å²) in [6.45, 7) is -3.31. The Morgan fingerprint density at radius 1 is 1.70 bits per heavy atom. The van der Waals surface area contributed by atoms with Gasteiger partial charge in [-0.3, -0.25) is 4.79 Å². The molecule has 0 saturated heterocycles. The van der Waals surface area contributed by atoms with E-state index < -0.39 is 54.8 Å². The Morgan fingerprint density at radius 2 is 2.40 bits per heavy atom. The van der Waals surface area contributed by atoms with Gasteiger partial charge in [-0.25, -0.2) is 0 Å². The van der Waals surface area contributed by atoms with Crippen molar-refractivity contribution in [2.45, 2.75) is 13.2 Å². The van der Waals surface area contributed by atoms with Crippen molar-refractivity contribution in [2.75, 3.05) is 0 Å². The van der Waals surface area contributed by atoms with E-state index in [2.05, 4.69) is 0 Å². The molecule has 0 spiro atoms. The first-order chi connectivity index (χ1) is 8.84. The third-order valence-electron chi connectivity index (χ3n) is 0.841. The Bertz CT molecular complexity index is 544. The van der Waals surface area contributed by atoms with Crippen molar-refractivity contribution in [3.63, 3.8) is 0 Å². The molecule has 0 aliphatic carbocycles. The molecule has 1 aromatic rings. The van der Waals surface area contributed by atoms with Crippen molar-refractivity contribution in [3.05, 3.63) is 35.8 Å². The maximum absolute atomic E-state index is 12.0. The number of carbonyl (C=O) groups excluding carboxylic acids is 1. The summed E-state index contributed by atoms with van der Waals surface area (Å²) in [7, 11) is 0. The Kier molecular flexibility index (Phi) is 0.490. The van der Waals surface area contributed by atoms with Crippen molar-refractivity contribution in [1.82, 2.24) is 0 Å². The van der Waals surface area contributed by atoms with E-state index in [-0.39, 0.29) is 0 Å². The van der Waals surface area contributed by atoms with Gasteiger partial charge in [-0.2, -0.15) is 0 Å². The molecule has 10 heavy (non-hydrogen) atoms. The molecule has 0 saturated carbocycles. The summed E-state index contributed by atoms with van der Waals surface area (Å²) in [5.74, 6) is -1.66. The number of hydrogen-bond acceptors (Lipinski definition) is 1. The molecular weight excluding hydrogens is 124 g/mol. The van der Waals surface area contributed by atoms with E-state index in [1.54, 1.807) is 0 Å². The second-order valence-electron chi connectivity index (χ2n) is 1.45. The fourth-order valence-electron chi connectivity index (χ4n) is 0.426. The van der Waals surface area contributed by atoms with Gasteiger partial charge in [0, 0.05) is 18.8 Å². The standard InChI is InChI=1S/C9H10O/c1-2-9(10)8-6-4-3-5-7-8/h3-7H,2H2,1H3/i1D3,2D2,3D,4D,5D,6D,7D. The van der Waals surface area contributed by atoms with Crippen LogP contribution in [0.4, 0.5) is 0 Å². The van der Waals surface area contributed by atoms with Gasteiger partial charge in [-0.15, -0.1) is 0 Å². The van der Waals surface area contributed by atoms with Crippen LogP contribution in [0.3, 0.4) is 0 Å². The zero-order valence-electron chi connectivity index (χ0n) is 14.9. The molecular formula is C9H10O. The molecule has 1 heteroatoms. The van der Waals surface area contributed by atoms with Gasteiger partial charge < -0.3 is 0 Å². The monoisotopic (exact) mass is 144 g/mol. The highest BCUT2D eigenvalue weighted by Gasteiger charge is 1.98. The van der Waals surface area contributed by atoms with Gasteiger partial charge in [-0.05, 0) is 0 Å². The van der Waals surface area contributed by atoms with Gasteiger partial charge in [0.05, 0.1) is 6.85 Å². The number of rotatable bonds is 2. The third-order valence-corrected chi connectivity index (χ3v) is 0.841. The quantitative estimate of drug-likeness (QED) is 0.582. The number of Topliss-reactive ketones (excluding diaryl/α,β-unsaturated/α-hetero) is 1. The van der Waals surface area contributed by atoms with Gasteiger partial charge in [0.1, 0.15) is 0 Å². The number of ketones is 1. The molecule has 1 nitrogen and oxygen atoms in total. The summed E-state index contributed by atoms with van der Waals surface area (Å²) in [6, 6.07) is -4.24. The first-order valence-electron chi connectivity index (χ1n) is 7.45. The lowest BCUT2D eigenvalue weighted by Crippen LogP contribution is -1.94. The number of carbonyl (C=O) groups is 1. The van der Waals surface area contributed by atoms with Crippen LogP contribution in [-0.4, -0.2) is 5.78 Å². The smallest absolute Gasteiger partial charge is 0.162 e. The zero-order valence-corrected chi connectivity index (χ0v) is 4.91. The van der Waals surface area contributed by atoms with E-state index in [0.717, 1.165) is 0 Å². The fraction of sp³-hybridized carbons (Fsp3) is 0.222. The van der Waals surface area contributed by atoms with Crippen molar-refractivity contribution < 1.29 is 18.5 Å². The summed E-state index contributed by atoms with van der Waals surface area (Å²) < 4.78 is 72.7. The predicted molar refractivity (Wildman–Crippen MR) is 41.1 cm³/mol. The molecule has 52 valence electrons. The van der Waals surface area contributed by atoms with E-state index in [1.807, 2.05) is 0 Å². The Hall–Kier alpha value is -1.11. The van der Waals surface area contributed by atoms with Crippen LogP contribution < -0.4 is 0 Å². The van der Waals surface area contributed by atoms with Crippen LogP contribution >= 0.6 is 0 Å². The molecule has 0 aromatic heterocycles. The molecule has 0 radical (unpaired) electrons. The number of hydrogen-bond donors (Lipinski definition) is 0. The molecule has 0 heterocycles. The summed E-state index contributed by atoms with van der Waals surface area (Å²) in [5, 5.41) is 0.